The first-order chi connectivity index (χ1) is 26.8. The van der Waals surface area contributed by atoms with Gasteiger partial charge in [0.2, 0.25) is 0 Å². The van der Waals surface area contributed by atoms with Crippen LogP contribution in [0, 0.1) is 18.3 Å². The summed E-state index contributed by atoms with van der Waals surface area (Å²) in [6.45, 7) is 2.04. The molecule has 0 amide bonds. The molecule has 2 heterocycles. The average Bonchev–Trinajstić information content (AvgIpc) is 3.62. The number of piperidine rings is 1. The maximum absolute atomic E-state index is 16.0. The number of rotatable bonds is 4. The highest BCUT2D eigenvalue weighted by molar-refractivity contribution is 9.10. The predicted molar refractivity (Wildman–Crippen MR) is 220 cm³/mol. The van der Waals surface area contributed by atoms with Gasteiger partial charge in [-0.3, -0.25) is 14.4 Å². The molecule has 2 aliphatic heterocycles. The zero-order chi connectivity index (χ0) is 37.6. The number of hydrogen-bond donors (Lipinski definition) is 0. The molecule has 1 spiro atoms. The predicted octanol–water partition coefficient (Wildman–Crippen LogP) is 11.3. The maximum Gasteiger partial charge on any atom is 0.194 e. The summed E-state index contributed by atoms with van der Waals surface area (Å²) >= 11 is 7.79. The van der Waals surface area contributed by atoms with Gasteiger partial charge in [-0.05, 0) is 47.9 Å². The van der Waals surface area contributed by atoms with Crippen LogP contribution in [0.15, 0.2) is 166 Å². The van der Waals surface area contributed by atoms with E-state index in [2.05, 4.69) is 67.1 Å². The molecule has 6 aromatic rings. The fraction of sp³-hybridized carbons (Fsp3) is 0.146. The number of ketones is 3. The van der Waals surface area contributed by atoms with Crippen LogP contribution in [0.5, 0.6) is 0 Å². The number of hydrogen-bond acceptors (Lipinski definition) is 5. The Morgan fingerprint density at radius 1 is 0.582 bits per heavy atom. The molecule has 0 bridgehead atoms. The van der Waals surface area contributed by atoms with Crippen molar-refractivity contribution in [1.82, 2.24) is 0 Å². The first-order valence-electron chi connectivity index (χ1n) is 18.4. The fourth-order valence-corrected chi connectivity index (χ4v) is 11.0. The van der Waals surface area contributed by atoms with E-state index in [9.17, 15) is 4.79 Å². The summed E-state index contributed by atoms with van der Waals surface area (Å²) in [6.07, 6.45) is -0.741. The SMILES string of the molecule is Cc1ccc(N2[C@@H]3OC4=C(C(=O)c5ccccc54)[C@@H](c4ccccc4Br)[C@@H]3[C@@H](c3ccccc3)C3(C(=O)c4ccccc4C3=O)[C@H]2c2ccccc2Br)cc1. The molecule has 4 aliphatic rings. The summed E-state index contributed by atoms with van der Waals surface area (Å²) in [7, 11) is 0. The Labute approximate surface area is 335 Å². The van der Waals surface area contributed by atoms with Gasteiger partial charge in [-0.1, -0.05) is 165 Å². The van der Waals surface area contributed by atoms with Crippen LogP contribution >= 0.6 is 31.9 Å². The zero-order valence-corrected chi connectivity index (χ0v) is 32.8. The van der Waals surface area contributed by atoms with E-state index in [0.29, 0.717) is 28.0 Å². The third-order valence-corrected chi connectivity index (χ3v) is 13.6. The van der Waals surface area contributed by atoms with E-state index in [-0.39, 0.29) is 17.3 Å². The van der Waals surface area contributed by atoms with Crippen molar-refractivity contribution in [1.29, 1.82) is 0 Å². The standard InChI is InChI=1S/C48H33Br2NO4/c1-27-23-25-29(26-24-27)51-44(35-20-10-12-22-37(35)50)48(45(53)32-17-7-8-18-33(32)46(48)54)41(28-13-3-2-4-14-28)39-38(34-19-9-11-21-36(34)49)40-42(52)30-15-5-6-16-31(30)43(40)55-47(39)51/h2-26,38-39,41,44,47H,1H3/t38-,39+,41+,44+,47+/m0/s1. The molecule has 0 unspecified atom stereocenters. The first kappa shape index (κ1) is 34.1. The molecule has 1 fully saturated rings. The normalized spacial score (nSPS) is 23.3. The molecule has 268 valence electrons. The van der Waals surface area contributed by atoms with Crippen molar-refractivity contribution in [3.63, 3.8) is 0 Å². The Bertz CT molecular complexity index is 2580. The lowest BCUT2D eigenvalue weighted by atomic mass is 9.51. The molecule has 5 nitrogen and oxygen atoms in total. The van der Waals surface area contributed by atoms with Gasteiger partial charge in [0.15, 0.2) is 23.6 Å². The number of fused-ring (bicyclic) bond motifs is 4. The van der Waals surface area contributed by atoms with Crippen molar-refractivity contribution in [3.05, 3.63) is 211 Å². The summed E-state index contributed by atoms with van der Waals surface area (Å²) < 4.78 is 9.03. The van der Waals surface area contributed by atoms with Gasteiger partial charge in [0.25, 0.3) is 0 Å². The van der Waals surface area contributed by atoms with Crippen LogP contribution in [-0.4, -0.2) is 23.6 Å². The molecule has 1 saturated heterocycles. The minimum Gasteiger partial charge on any atom is -0.469 e. The van der Waals surface area contributed by atoms with E-state index < -0.39 is 35.4 Å². The number of ether oxygens (including phenoxy) is 1. The van der Waals surface area contributed by atoms with Crippen molar-refractivity contribution in [2.45, 2.75) is 31.0 Å². The van der Waals surface area contributed by atoms with Crippen LogP contribution in [-0.2, 0) is 4.74 Å². The Morgan fingerprint density at radius 3 is 1.73 bits per heavy atom. The summed E-state index contributed by atoms with van der Waals surface area (Å²) in [5, 5.41) is 0. The van der Waals surface area contributed by atoms with Crippen molar-refractivity contribution in [2.75, 3.05) is 4.90 Å². The number of halogens is 2. The van der Waals surface area contributed by atoms with Crippen molar-refractivity contribution < 1.29 is 19.1 Å². The van der Waals surface area contributed by atoms with Crippen LogP contribution in [0.4, 0.5) is 5.69 Å². The lowest BCUT2D eigenvalue weighted by molar-refractivity contribution is -0.0227. The Balaban J connectivity index is 1.38. The van der Waals surface area contributed by atoms with E-state index in [1.54, 1.807) is 12.1 Å². The first-order valence-corrected chi connectivity index (χ1v) is 20.0. The fourth-order valence-electron chi connectivity index (χ4n) is 9.98. The van der Waals surface area contributed by atoms with Crippen molar-refractivity contribution >= 4 is 60.7 Å². The van der Waals surface area contributed by atoms with Crippen LogP contribution in [0.2, 0.25) is 0 Å². The summed E-state index contributed by atoms with van der Waals surface area (Å²) in [5.41, 5.74) is 5.40. The molecule has 0 radical (unpaired) electrons. The number of nitrogens with zero attached hydrogens (tertiary/aromatic N) is 1. The number of allylic oxidation sites excluding steroid dienone is 1. The van der Waals surface area contributed by atoms with E-state index >= 15 is 9.59 Å². The highest BCUT2D eigenvalue weighted by Crippen LogP contribution is 2.69. The second-order valence-electron chi connectivity index (χ2n) is 14.8. The van der Waals surface area contributed by atoms with E-state index in [4.69, 9.17) is 4.74 Å². The molecular formula is C48H33Br2NO4. The number of benzene rings is 6. The van der Waals surface area contributed by atoms with Gasteiger partial charge in [-0.15, -0.1) is 0 Å². The minimum atomic E-state index is -1.68. The van der Waals surface area contributed by atoms with Crippen molar-refractivity contribution in [3.8, 4) is 0 Å². The zero-order valence-electron chi connectivity index (χ0n) is 29.7. The summed E-state index contributed by atoms with van der Waals surface area (Å²) in [6, 6.07) is 48.0. The van der Waals surface area contributed by atoms with E-state index in [1.807, 2.05) is 116 Å². The van der Waals surface area contributed by atoms with Gasteiger partial charge in [0.1, 0.15) is 11.2 Å². The second kappa shape index (κ2) is 12.9. The smallest absolute Gasteiger partial charge is 0.194 e. The van der Waals surface area contributed by atoms with Crippen LogP contribution < -0.4 is 4.90 Å². The largest absolute Gasteiger partial charge is 0.469 e. The van der Waals surface area contributed by atoms with Crippen LogP contribution in [0.25, 0.3) is 5.76 Å². The summed E-state index contributed by atoms with van der Waals surface area (Å²) in [5.74, 6) is -1.96. The van der Waals surface area contributed by atoms with Gasteiger partial charge in [0.05, 0.1) is 11.6 Å². The number of Topliss-reactive ketones (excluding diaryl/α,β-unsaturated/α-hetero) is 3. The molecule has 0 saturated carbocycles. The van der Waals surface area contributed by atoms with E-state index in [1.165, 1.54) is 0 Å². The topological polar surface area (TPSA) is 63.7 Å². The quantitative estimate of drug-likeness (QED) is 0.165. The molecule has 10 rings (SSSR count). The molecule has 2 aliphatic carbocycles. The minimum absolute atomic E-state index is 0.104. The van der Waals surface area contributed by atoms with E-state index in [0.717, 1.165) is 42.5 Å². The molecule has 0 N–H and O–H groups in total. The van der Waals surface area contributed by atoms with Gasteiger partial charge in [0, 0.05) is 54.6 Å². The van der Waals surface area contributed by atoms with Gasteiger partial charge in [-0.25, -0.2) is 0 Å². The van der Waals surface area contributed by atoms with Crippen LogP contribution in [0.3, 0.4) is 0 Å². The second-order valence-corrected chi connectivity index (χ2v) is 16.5. The molecular weight excluding hydrogens is 814 g/mol. The molecule has 0 aromatic heterocycles. The van der Waals surface area contributed by atoms with Gasteiger partial charge in [-0.2, -0.15) is 0 Å². The monoisotopic (exact) mass is 845 g/mol. The van der Waals surface area contributed by atoms with Crippen molar-refractivity contribution in [2.24, 2.45) is 11.3 Å². The Kier molecular flexibility index (Phi) is 7.98. The lowest BCUT2D eigenvalue weighted by Crippen LogP contribution is -2.66. The maximum atomic E-state index is 16.0. The average molecular weight is 848 g/mol. The van der Waals surface area contributed by atoms with Crippen LogP contribution in [0.1, 0.15) is 76.8 Å². The number of carbonyl (C=O) groups excluding carboxylic acids is 3. The molecule has 55 heavy (non-hydrogen) atoms. The molecule has 7 heteroatoms. The summed E-state index contributed by atoms with van der Waals surface area (Å²) in [4.78, 5) is 49.0. The highest BCUT2D eigenvalue weighted by atomic mass is 79.9. The number of anilines is 1. The third kappa shape index (κ3) is 4.79. The van der Waals surface area contributed by atoms with Gasteiger partial charge < -0.3 is 9.64 Å². The van der Waals surface area contributed by atoms with Gasteiger partial charge >= 0.3 is 0 Å². The molecule has 5 atom stereocenters. The Hall–Kier alpha value is -5.37. The molecule has 6 aromatic carbocycles. The third-order valence-electron chi connectivity index (χ3n) is 12.1. The number of aryl methyl sites for hydroxylation is 1. The lowest BCUT2D eigenvalue weighted by Gasteiger charge is -2.61. The highest BCUT2D eigenvalue weighted by Gasteiger charge is 2.72. The number of carbonyl (C=O) groups is 3. The Morgan fingerprint density at radius 2 is 1.11 bits per heavy atom.